The van der Waals surface area contributed by atoms with E-state index in [1.165, 1.54) is 0 Å². The zero-order valence-electron chi connectivity index (χ0n) is 9.43. The van der Waals surface area contributed by atoms with Crippen LogP contribution in [0, 0.1) is 0 Å². The topological polar surface area (TPSA) is 53.8 Å². The standard InChI is InChI=1S/C11H18N2O2S/c1-3-4-8(14)9-6-5-7-10(15-9)16-11(12-2)13-7/h3,7-10,14H,1,4-6H2,2H3,(H,12,13)/t7-,8+,9-,10-/m1/s1. The predicted octanol–water partition coefficient (Wildman–Crippen LogP) is 1.12. The lowest BCUT2D eigenvalue weighted by atomic mass is 9.99. The molecule has 2 heterocycles. The second kappa shape index (κ2) is 5.21. The van der Waals surface area contributed by atoms with Gasteiger partial charge in [-0.15, -0.1) is 6.58 Å². The summed E-state index contributed by atoms with van der Waals surface area (Å²) in [5, 5.41) is 14.1. The van der Waals surface area contributed by atoms with E-state index in [1.807, 2.05) is 0 Å². The number of ether oxygens (including phenoxy) is 1. The lowest BCUT2D eigenvalue weighted by molar-refractivity contribution is -0.0801. The molecule has 2 N–H and O–H groups in total. The third kappa shape index (κ3) is 2.42. The second-order valence-corrected chi connectivity index (χ2v) is 5.20. The fraction of sp³-hybridized carbons (Fsp3) is 0.727. The summed E-state index contributed by atoms with van der Waals surface area (Å²) in [5.74, 6) is 0. The highest BCUT2D eigenvalue weighted by atomic mass is 32.2. The summed E-state index contributed by atoms with van der Waals surface area (Å²) in [6.07, 6.45) is 3.75. The molecule has 2 fully saturated rings. The van der Waals surface area contributed by atoms with Crippen LogP contribution in [-0.2, 0) is 4.74 Å². The fourth-order valence-electron chi connectivity index (χ4n) is 2.09. The van der Waals surface area contributed by atoms with Gasteiger partial charge in [0, 0.05) is 7.05 Å². The van der Waals surface area contributed by atoms with E-state index in [1.54, 1.807) is 24.9 Å². The number of aliphatic hydroxyl groups excluding tert-OH is 1. The Morgan fingerprint density at radius 1 is 1.75 bits per heavy atom. The number of hydrogen-bond acceptors (Lipinski definition) is 4. The van der Waals surface area contributed by atoms with Crippen molar-refractivity contribution in [2.75, 3.05) is 7.05 Å². The molecule has 2 rings (SSSR count). The zero-order valence-corrected chi connectivity index (χ0v) is 10.2. The smallest absolute Gasteiger partial charge is 0.159 e. The van der Waals surface area contributed by atoms with Crippen LogP contribution in [0.4, 0.5) is 0 Å². The van der Waals surface area contributed by atoms with Crippen LogP contribution in [0.1, 0.15) is 19.3 Å². The van der Waals surface area contributed by atoms with E-state index in [4.69, 9.17) is 4.74 Å². The SMILES string of the molecule is C=CC[C@H](O)[C@H]1CC[C@H]2NC(=NC)S[C@H]2O1. The van der Waals surface area contributed by atoms with Gasteiger partial charge in [-0.1, -0.05) is 17.8 Å². The molecule has 0 aliphatic carbocycles. The van der Waals surface area contributed by atoms with E-state index < -0.39 is 6.10 Å². The molecular formula is C11H18N2O2S. The Morgan fingerprint density at radius 2 is 2.56 bits per heavy atom. The number of fused-ring (bicyclic) bond motifs is 1. The Balaban J connectivity index is 1.93. The highest BCUT2D eigenvalue weighted by molar-refractivity contribution is 8.14. The van der Waals surface area contributed by atoms with E-state index in [0.29, 0.717) is 12.5 Å². The summed E-state index contributed by atoms with van der Waals surface area (Å²) in [6, 6.07) is 0.343. The normalized spacial score (nSPS) is 37.9. The summed E-state index contributed by atoms with van der Waals surface area (Å²) in [5.41, 5.74) is 0.0944. The summed E-state index contributed by atoms with van der Waals surface area (Å²) in [6.45, 7) is 3.64. The Kier molecular flexibility index (Phi) is 3.89. The van der Waals surface area contributed by atoms with Crippen LogP contribution in [0.25, 0.3) is 0 Å². The first-order chi connectivity index (χ1) is 7.74. The number of nitrogens with one attached hydrogen (secondary N) is 1. The fourth-order valence-corrected chi connectivity index (χ4v) is 3.20. The molecule has 0 aromatic rings. The molecule has 0 aromatic carbocycles. The Hall–Kier alpha value is -0.520. The van der Waals surface area contributed by atoms with Crippen molar-refractivity contribution in [3.63, 3.8) is 0 Å². The zero-order chi connectivity index (χ0) is 11.5. The number of nitrogens with zero attached hydrogens (tertiary/aromatic N) is 1. The molecule has 4 nitrogen and oxygen atoms in total. The molecule has 5 heteroatoms. The van der Waals surface area contributed by atoms with E-state index in [0.717, 1.165) is 18.0 Å². The van der Waals surface area contributed by atoms with Crippen LogP contribution in [0.5, 0.6) is 0 Å². The van der Waals surface area contributed by atoms with E-state index >= 15 is 0 Å². The Bertz CT molecular complexity index is 296. The number of thioether (sulfide) groups is 1. The van der Waals surface area contributed by atoms with Gasteiger partial charge in [0.15, 0.2) is 5.17 Å². The summed E-state index contributed by atoms with van der Waals surface area (Å²) in [4.78, 5) is 4.13. The molecule has 90 valence electrons. The molecule has 0 bridgehead atoms. The van der Waals surface area contributed by atoms with Gasteiger partial charge >= 0.3 is 0 Å². The van der Waals surface area contributed by atoms with Crippen molar-refractivity contribution >= 4 is 16.9 Å². The van der Waals surface area contributed by atoms with Gasteiger partial charge in [0.1, 0.15) is 5.44 Å². The summed E-state index contributed by atoms with van der Waals surface area (Å²) in [7, 11) is 1.77. The van der Waals surface area contributed by atoms with Crippen molar-refractivity contribution in [3.05, 3.63) is 12.7 Å². The minimum atomic E-state index is -0.429. The van der Waals surface area contributed by atoms with Gasteiger partial charge < -0.3 is 15.2 Å². The average Bonchev–Trinajstić information content (AvgIpc) is 2.70. The minimum absolute atomic E-state index is 0.0650. The second-order valence-electron chi connectivity index (χ2n) is 4.11. The molecule has 16 heavy (non-hydrogen) atoms. The quantitative estimate of drug-likeness (QED) is 0.728. The number of rotatable bonds is 3. The van der Waals surface area contributed by atoms with Crippen molar-refractivity contribution in [2.24, 2.45) is 4.99 Å². The predicted molar refractivity (Wildman–Crippen MR) is 66.6 cm³/mol. The molecule has 2 aliphatic heterocycles. The molecule has 0 saturated carbocycles. The Morgan fingerprint density at radius 3 is 3.25 bits per heavy atom. The van der Waals surface area contributed by atoms with Crippen LogP contribution in [0.2, 0.25) is 0 Å². The van der Waals surface area contributed by atoms with Crippen molar-refractivity contribution in [1.82, 2.24) is 5.32 Å². The molecule has 0 amide bonds. The highest BCUT2D eigenvalue weighted by Gasteiger charge is 2.39. The lowest BCUT2D eigenvalue weighted by Crippen LogP contribution is -2.44. The molecule has 0 unspecified atom stereocenters. The minimum Gasteiger partial charge on any atom is -0.390 e. The van der Waals surface area contributed by atoms with Gasteiger partial charge in [0.05, 0.1) is 18.2 Å². The molecule has 0 radical (unpaired) electrons. The van der Waals surface area contributed by atoms with Crippen molar-refractivity contribution in [3.8, 4) is 0 Å². The highest BCUT2D eigenvalue weighted by Crippen LogP contribution is 2.34. The van der Waals surface area contributed by atoms with Gasteiger partial charge in [-0.2, -0.15) is 0 Å². The molecular weight excluding hydrogens is 224 g/mol. The molecule has 0 aromatic heterocycles. The first kappa shape index (κ1) is 12.0. The van der Waals surface area contributed by atoms with Gasteiger partial charge in [0.2, 0.25) is 0 Å². The van der Waals surface area contributed by atoms with Gasteiger partial charge in [-0.25, -0.2) is 0 Å². The number of aliphatic imine (C=N–C) groups is 1. The molecule has 0 spiro atoms. The maximum Gasteiger partial charge on any atom is 0.159 e. The van der Waals surface area contributed by atoms with Crippen LogP contribution in [0.15, 0.2) is 17.6 Å². The van der Waals surface area contributed by atoms with Crippen LogP contribution >= 0.6 is 11.8 Å². The maximum absolute atomic E-state index is 9.86. The summed E-state index contributed by atoms with van der Waals surface area (Å²) < 4.78 is 5.88. The first-order valence-electron chi connectivity index (χ1n) is 5.59. The van der Waals surface area contributed by atoms with E-state index in [9.17, 15) is 5.11 Å². The monoisotopic (exact) mass is 242 g/mol. The lowest BCUT2D eigenvalue weighted by Gasteiger charge is -2.33. The van der Waals surface area contributed by atoms with E-state index in [2.05, 4.69) is 16.9 Å². The van der Waals surface area contributed by atoms with E-state index in [-0.39, 0.29) is 11.5 Å². The third-order valence-corrected chi connectivity index (χ3v) is 4.17. The number of hydrogen-bond donors (Lipinski definition) is 2. The van der Waals surface area contributed by atoms with Gasteiger partial charge in [-0.3, -0.25) is 4.99 Å². The average molecular weight is 242 g/mol. The molecule has 2 aliphatic rings. The molecule has 4 atom stereocenters. The summed E-state index contributed by atoms with van der Waals surface area (Å²) >= 11 is 1.61. The maximum atomic E-state index is 9.86. The molecule has 2 saturated heterocycles. The number of aliphatic hydroxyl groups is 1. The van der Waals surface area contributed by atoms with Gasteiger partial charge in [0.25, 0.3) is 0 Å². The first-order valence-corrected chi connectivity index (χ1v) is 6.47. The van der Waals surface area contributed by atoms with Gasteiger partial charge in [-0.05, 0) is 19.3 Å². The van der Waals surface area contributed by atoms with Crippen LogP contribution in [-0.4, -0.2) is 41.0 Å². The largest absolute Gasteiger partial charge is 0.390 e. The third-order valence-electron chi connectivity index (χ3n) is 2.98. The van der Waals surface area contributed by atoms with Crippen molar-refractivity contribution < 1.29 is 9.84 Å². The van der Waals surface area contributed by atoms with Crippen molar-refractivity contribution in [2.45, 2.75) is 42.9 Å². The number of amidine groups is 1. The van der Waals surface area contributed by atoms with Crippen LogP contribution < -0.4 is 5.32 Å². The Labute approximate surface area is 100 Å². The van der Waals surface area contributed by atoms with Crippen molar-refractivity contribution in [1.29, 1.82) is 0 Å². The van der Waals surface area contributed by atoms with Crippen LogP contribution in [0.3, 0.4) is 0 Å².